The van der Waals surface area contributed by atoms with Crippen LogP contribution in [0.2, 0.25) is 0 Å². The standard InChI is InChI=1S/C21H27F2N3O2/c1-14-20(15(2)26(25-14)19-10-9-16(22)13-18(19)23)21(27)24-11-12-28-17-7-5-3-4-6-8-17/h9-10,13,17H,3-8,11-12H2,1-2H3,(H,24,27). The van der Waals surface area contributed by atoms with Gasteiger partial charge in [0.1, 0.15) is 11.5 Å². The SMILES string of the molecule is Cc1nn(-c2ccc(F)cc2F)c(C)c1C(=O)NCCOC1CCCCCC1. The van der Waals surface area contributed by atoms with Gasteiger partial charge in [0.05, 0.1) is 29.7 Å². The molecule has 2 aromatic rings. The van der Waals surface area contributed by atoms with Gasteiger partial charge in [-0.1, -0.05) is 25.7 Å². The maximum atomic E-state index is 14.1. The van der Waals surface area contributed by atoms with E-state index in [1.165, 1.54) is 42.5 Å². The summed E-state index contributed by atoms with van der Waals surface area (Å²) in [7, 11) is 0. The highest BCUT2D eigenvalue weighted by Crippen LogP contribution is 2.21. The Labute approximate surface area is 164 Å². The van der Waals surface area contributed by atoms with Gasteiger partial charge in [0.15, 0.2) is 5.82 Å². The van der Waals surface area contributed by atoms with Crippen LogP contribution in [0.15, 0.2) is 18.2 Å². The van der Waals surface area contributed by atoms with E-state index in [-0.39, 0.29) is 17.7 Å². The fourth-order valence-corrected chi connectivity index (χ4v) is 3.75. The summed E-state index contributed by atoms with van der Waals surface area (Å²) in [6, 6.07) is 3.28. The van der Waals surface area contributed by atoms with Crippen LogP contribution in [0.25, 0.3) is 5.69 Å². The number of benzene rings is 1. The number of nitrogens with zero attached hydrogens (tertiary/aromatic N) is 2. The van der Waals surface area contributed by atoms with Gasteiger partial charge in [-0.05, 0) is 38.8 Å². The van der Waals surface area contributed by atoms with Crippen molar-refractivity contribution < 1.29 is 18.3 Å². The lowest BCUT2D eigenvalue weighted by molar-refractivity contribution is 0.0441. The number of hydrogen-bond donors (Lipinski definition) is 1. The monoisotopic (exact) mass is 391 g/mol. The lowest BCUT2D eigenvalue weighted by Crippen LogP contribution is -2.29. The van der Waals surface area contributed by atoms with Gasteiger partial charge >= 0.3 is 0 Å². The lowest BCUT2D eigenvalue weighted by Gasteiger charge is -2.15. The summed E-state index contributed by atoms with van der Waals surface area (Å²) in [5, 5.41) is 7.12. The number of halogens is 2. The molecule has 1 fully saturated rings. The van der Waals surface area contributed by atoms with Crippen molar-refractivity contribution in [2.45, 2.75) is 58.5 Å². The molecule has 0 radical (unpaired) electrons. The molecule has 7 heteroatoms. The van der Waals surface area contributed by atoms with Crippen LogP contribution in [0.4, 0.5) is 8.78 Å². The molecule has 1 aliphatic carbocycles. The molecular weight excluding hydrogens is 364 g/mol. The van der Waals surface area contributed by atoms with Gasteiger partial charge in [0.25, 0.3) is 5.91 Å². The number of carbonyl (C=O) groups is 1. The fraction of sp³-hybridized carbons (Fsp3) is 0.524. The van der Waals surface area contributed by atoms with E-state index in [0.29, 0.717) is 30.1 Å². The molecule has 1 aromatic heterocycles. The van der Waals surface area contributed by atoms with Crippen LogP contribution in [0, 0.1) is 25.5 Å². The normalized spacial score (nSPS) is 15.4. The van der Waals surface area contributed by atoms with Crippen molar-refractivity contribution in [2.24, 2.45) is 0 Å². The van der Waals surface area contributed by atoms with E-state index in [2.05, 4.69) is 10.4 Å². The average Bonchev–Trinajstić information content (AvgIpc) is 2.82. The summed E-state index contributed by atoms with van der Waals surface area (Å²) in [4.78, 5) is 12.6. The largest absolute Gasteiger partial charge is 0.376 e. The third kappa shape index (κ3) is 4.76. The molecule has 0 saturated heterocycles. The van der Waals surface area contributed by atoms with Crippen LogP contribution in [-0.4, -0.2) is 34.9 Å². The molecule has 0 atom stereocenters. The summed E-state index contributed by atoms with van der Waals surface area (Å²) in [6.45, 7) is 4.27. The topological polar surface area (TPSA) is 56.2 Å². The Kier molecular flexibility index (Phi) is 6.78. The minimum absolute atomic E-state index is 0.109. The average molecular weight is 391 g/mol. The number of amides is 1. The number of hydrogen-bond acceptors (Lipinski definition) is 3. The third-order valence-electron chi connectivity index (χ3n) is 5.20. The number of rotatable bonds is 6. The molecule has 1 aromatic carbocycles. The van der Waals surface area contributed by atoms with Gasteiger partial charge in [0, 0.05) is 12.6 Å². The van der Waals surface area contributed by atoms with Gasteiger partial charge in [-0.25, -0.2) is 13.5 Å². The van der Waals surface area contributed by atoms with Crippen LogP contribution in [0.3, 0.4) is 0 Å². The molecule has 1 aliphatic rings. The zero-order valence-electron chi connectivity index (χ0n) is 16.4. The van der Waals surface area contributed by atoms with Crippen molar-refractivity contribution in [3.63, 3.8) is 0 Å². The molecule has 1 amide bonds. The summed E-state index contributed by atoms with van der Waals surface area (Å²) in [5.41, 5.74) is 1.50. The summed E-state index contributed by atoms with van der Waals surface area (Å²) < 4.78 is 34.5. The molecule has 0 spiro atoms. The first-order valence-electron chi connectivity index (χ1n) is 9.89. The molecule has 0 bridgehead atoms. The molecular formula is C21H27F2N3O2. The maximum Gasteiger partial charge on any atom is 0.255 e. The van der Waals surface area contributed by atoms with E-state index in [9.17, 15) is 13.6 Å². The van der Waals surface area contributed by atoms with Crippen molar-refractivity contribution in [1.29, 1.82) is 0 Å². The van der Waals surface area contributed by atoms with Crippen LogP contribution < -0.4 is 5.32 Å². The van der Waals surface area contributed by atoms with Crippen LogP contribution in [-0.2, 0) is 4.74 Å². The Balaban J connectivity index is 1.61. The highest BCUT2D eigenvalue weighted by atomic mass is 19.1. The van der Waals surface area contributed by atoms with Crippen LogP contribution in [0.1, 0.15) is 60.3 Å². The Morgan fingerprint density at radius 2 is 1.93 bits per heavy atom. The van der Waals surface area contributed by atoms with Crippen LogP contribution in [0.5, 0.6) is 0 Å². The Hall–Kier alpha value is -2.28. The van der Waals surface area contributed by atoms with Gasteiger partial charge in [0.2, 0.25) is 0 Å². The number of carbonyl (C=O) groups excluding carboxylic acids is 1. The van der Waals surface area contributed by atoms with Gasteiger partial charge < -0.3 is 10.1 Å². The highest BCUT2D eigenvalue weighted by Gasteiger charge is 2.21. The summed E-state index contributed by atoms with van der Waals surface area (Å²) in [5.74, 6) is -1.66. The van der Waals surface area contributed by atoms with Gasteiger partial charge in [-0.3, -0.25) is 4.79 Å². The summed E-state index contributed by atoms with van der Waals surface area (Å²) >= 11 is 0. The second-order valence-electron chi connectivity index (χ2n) is 7.29. The zero-order chi connectivity index (χ0) is 20.1. The zero-order valence-corrected chi connectivity index (χ0v) is 16.4. The van der Waals surface area contributed by atoms with E-state index in [4.69, 9.17) is 4.74 Å². The molecule has 0 aliphatic heterocycles. The quantitative estimate of drug-likeness (QED) is 0.592. The van der Waals surface area contributed by atoms with E-state index in [1.54, 1.807) is 13.8 Å². The molecule has 1 N–H and O–H groups in total. The van der Waals surface area contributed by atoms with Crippen molar-refractivity contribution in [3.05, 3.63) is 46.8 Å². The number of nitrogens with one attached hydrogen (secondary N) is 1. The predicted octanol–water partition coefficient (Wildman–Crippen LogP) is 4.24. The maximum absolute atomic E-state index is 14.1. The van der Waals surface area contributed by atoms with Crippen molar-refractivity contribution in [2.75, 3.05) is 13.2 Å². The first-order chi connectivity index (χ1) is 13.5. The highest BCUT2D eigenvalue weighted by molar-refractivity contribution is 5.96. The molecule has 5 nitrogen and oxygen atoms in total. The van der Waals surface area contributed by atoms with Crippen molar-refractivity contribution in [1.82, 2.24) is 15.1 Å². The van der Waals surface area contributed by atoms with Crippen molar-refractivity contribution in [3.8, 4) is 5.69 Å². The Morgan fingerprint density at radius 3 is 2.61 bits per heavy atom. The predicted molar refractivity (Wildman–Crippen MR) is 103 cm³/mol. The molecule has 0 unspecified atom stereocenters. The minimum Gasteiger partial charge on any atom is -0.376 e. The van der Waals surface area contributed by atoms with E-state index in [1.807, 2.05) is 0 Å². The Bertz CT molecular complexity index is 827. The Morgan fingerprint density at radius 1 is 1.21 bits per heavy atom. The lowest BCUT2D eigenvalue weighted by atomic mass is 10.1. The number of aromatic nitrogens is 2. The fourth-order valence-electron chi connectivity index (χ4n) is 3.75. The molecule has 3 rings (SSSR count). The molecule has 1 saturated carbocycles. The van der Waals surface area contributed by atoms with E-state index >= 15 is 0 Å². The first kappa shape index (κ1) is 20.5. The summed E-state index contributed by atoms with van der Waals surface area (Å²) in [6.07, 6.45) is 7.40. The number of aryl methyl sites for hydroxylation is 1. The van der Waals surface area contributed by atoms with E-state index < -0.39 is 11.6 Å². The van der Waals surface area contributed by atoms with Gasteiger partial charge in [-0.2, -0.15) is 5.10 Å². The second-order valence-corrected chi connectivity index (χ2v) is 7.29. The minimum atomic E-state index is -0.727. The van der Waals surface area contributed by atoms with E-state index in [0.717, 1.165) is 18.9 Å². The molecule has 28 heavy (non-hydrogen) atoms. The smallest absolute Gasteiger partial charge is 0.255 e. The number of ether oxygens (including phenoxy) is 1. The van der Waals surface area contributed by atoms with Crippen LogP contribution >= 0.6 is 0 Å². The molecule has 1 heterocycles. The molecule has 152 valence electrons. The van der Waals surface area contributed by atoms with Gasteiger partial charge in [-0.15, -0.1) is 0 Å². The van der Waals surface area contributed by atoms with Crippen molar-refractivity contribution >= 4 is 5.91 Å². The third-order valence-corrected chi connectivity index (χ3v) is 5.20. The first-order valence-corrected chi connectivity index (χ1v) is 9.89. The second kappa shape index (κ2) is 9.28.